The lowest BCUT2D eigenvalue weighted by atomic mass is 9.98. The van der Waals surface area contributed by atoms with Crippen molar-refractivity contribution in [3.8, 4) is 5.75 Å². The molecule has 1 aromatic carbocycles. The molecule has 1 N–H and O–H groups in total. The number of carbonyl (C=O) groups is 2. The Morgan fingerprint density at radius 2 is 2.14 bits per heavy atom. The largest absolute Gasteiger partial charge is 0.481 e. The lowest BCUT2D eigenvalue weighted by Crippen LogP contribution is -2.47. The van der Waals surface area contributed by atoms with Crippen molar-refractivity contribution in [3.63, 3.8) is 0 Å². The third-order valence-corrected chi connectivity index (χ3v) is 4.16. The van der Waals surface area contributed by atoms with Crippen molar-refractivity contribution >= 4 is 35.1 Å². The number of ether oxygens (including phenoxy) is 1. The van der Waals surface area contributed by atoms with Crippen LogP contribution >= 0.6 is 23.2 Å². The van der Waals surface area contributed by atoms with Gasteiger partial charge in [0.2, 0.25) is 0 Å². The van der Waals surface area contributed by atoms with Gasteiger partial charge in [-0.1, -0.05) is 23.2 Å². The summed E-state index contributed by atoms with van der Waals surface area (Å²) in [6, 6.07) is 4.77. The molecule has 0 radical (unpaired) electrons. The van der Waals surface area contributed by atoms with E-state index in [0.717, 1.165) is 0 Å². The summed E-state index contributed by atoms with van der Waals surface area (Å²) in [6.07, 6.45) is 0.528. The van der Waals surface area contributed by atoms with Crippen molar-refractivity contribution in [2.24, 2.45) is 5.92 Å². The van der Waals surface area contributed by atoms with Crippen LogP contribution in [-0.2, 0) is 9.59 Å². The number of benzene rings is 1. The first-order valence-corrected chi connectivity index (χ1v) is 7.77. The predicted octanol–water partition coefficient (Wildman–Crippen LogP) is 3.08. The van der Waals surface area contributed by atoms with Gasteiger partial charge in [-0.3, -0.25) is 9.59 Å². The van der Waals surface area contributed by atoms with Gasteiger partial charge in [-0.15, -0.1) is 0 Å². The van der Waals surface area contributed by atoms with Gasteiger partial charge >= 0.3 is 5.97 Å². The summed E-state index contributed by atoms with van der Waals surface area (Å²) in [6.45, 7) is 2.39. The van der Waals surface area contributed by atoms with E-state index in [1.807, 2.05) is 0 Å². The van der Waals surface area contributed by atoms with E-state index in [1.54, 1.807) is 19.1 Å². The van der Waals surface area contributed by atoms with Gasteiger partial charge in [-0.25, -0.2) is 0 Å². The number of carboxylic acids is 1. The number of likely N-dealkylation sites (tertiary alicyclic amines) is 1. The van der Waals surface area contributed by atoms with Gasteiger partial charge in [-0.2, -0.15) is 0 Å². The average Bonchev–Trinajstić information content (AvgIpc) is 2.49. The first-order chi connectivity index (χ1) is 10.4. The minimum absolute atomic E-state index is 0.218. The Bertz CT molecular complexity index is 579. The Labute approximate surface area is 138 Å². The van der Waals surface area contributed by atoms with Crippen LogP contribution in [0.15, 0.2) is 18.2 Å². The van der Waals surface area contributed by atoms with Crippen molar-refractivity contribution in [1.29, 1.82) is 0 Å². The summed E-state index contributed by atoms with van der Waals surface area (Å²) in [5.74, 6) is -1.24. The predicted molar refractivity (Wildman–Crippen MR) is 83.5 cm³/mol. The van der Waals surface area contributed by atoms with Gasteiger partial charge in [0.25, 0.3) is 5.91 Å². The molecule has 5 nitrogen and oxygen atoms in total. The second-order valence-corrected chi connectivity index (χ2v) is 6.14. The van der Waals surface area contributed by atoms with Gasteiger partial charge in [0, 0.05) is 18.1 Å². The molecule has 22 heavy (non-hydrogen) atoms. The van der Waals surface area contributed by atoms with Gasteiger partial charge in [-0.05, 0) is 38.0 Å². The molecule has 1 unspecified atom stereocenters. The third kappa shape index (κ3) is 4.05. The normalized spacial score (nSPS) is 19.6. The molecule has 1 saturated heterocycles. The zero-order valence-corrected chi connectivity index (χ0v) is 13.6. The number of aliphatic carboxylic acids is 1. The van der Waals surface area contributed by atoms with E-state index in [9.17, 15) is 9.59 Å². The number of halogens is 2. The number of rotatable bonds is 4. The summed E-state index contributed by atoms with van der Waals surface area (Å²) in [5, 5.41) is 9.89. The van der Waals surface area contributed by atoms with E-state index in [-0.39, 0.29) is 12.5 Å². The summed E-state index contributed by atoms with van der Waals surface area (Å²) in [4.78, 5) is 25.0. The fraction of sp³-hybridized carbons (Fsp3) is 0.467. The van der Waals surface area contributed by atoms with Crippen molar-refractivity contribution < 1.29 is 19.4 Å². The van der Waals surface area contributed by atoms with Crippen LogP contribution < -0.4 is 4.74 Å². The highest BCUT2D eigenvalue weighted by molar-refractivity contribution is 6.35. The highest BCUT2D eigenvalue weighted by Crippen LogP contribution is 2.28. The van der Waals surface area contributed by atoms with Crippen LogP contribution in [0.25, 0.3) is 0 Å². The van der Waals surface area contributed by atoms with E-state index >= 15 is 0 Å². The van der Waals surface area contributed by atoms with Crippen molar-refractivity contribution in [3.05, 3.63) is 28.2 Å². The number of hydrogen-bond donors (Lipinski definition) is 1. The molecule has 0 saturated carbocycles. The smallest absolute Gasteiger partial charge is 0.308 e. The highest BCUT2D eigenvalue weighted by Gasteiger charge is 2.31. The first kappa shape index (κ1) is 16.9. The summed E-state index contributed by atoms with van der Waals surface area (Å²) < 4.78 is 5.58. The van der Waals surface area contributed by atoms with Crippen LogP contribution in [0, 0.1) is 5.92 Å². The zero-order chi connectivity index (χ0) is 16.3. The molecule has 1 heterocycles. The van der Waals surface area contributed by atoms with Gasteiger partial charge in [0.1, 0.15) is 5.75 Å². The van der Waals surface area contributed by atoms with Gasteiger partial charge in [0.15, 0.2) is 6.10 Å². The Morgan fingerprint density at radius 1 is 1.41 bits per heavy atom. The maximum atomic E-state index is 12.4. The molecule has 1 aliphatic rings. The van der Waals surface area contributed by atoms with E-state index in [2.05, 4.69) is 0 Å². The van der Waals surface area contributed by atoms with Crippen molar-refractivity contribution in [2.45, 2.75) is 25.9 Å². The lowest BCUT2D eigenvalue weighted by molar-refractivity contribution is -0.147. The summed E-state index contributed by atoms with van der Waals surface area (Å²) in [7, 11) is 0. The van der Waals surface area contributed by atoms with Crippen LogP contribution in [0.2, 0.25) is 10.0 Å². The SMILES string of the molecule is CC(Oc1ccc(Cl)cc1Cl)C(=O)N1CCC[C@H](C(=O)O)C1. The van der Waals surface area contributed by atoms with Gasteiger partial charge < -0.3 is 14.7 Å². The third-order valence-electron chi connectivity index (χ3n) is 3.63. The fourth-order valence-electron chi connectivity index (χ4n) is 2.45. The first-order valence-electron chi connectivity index (χ1n) is 7.01. The molecule has 1 amide bonds. The summed E-state index contributed by atoms with van der Waals surface area (Å²) in [5.41, 5.74) is 0. The molecule has 1 fully saturated rings. The minimum atomic E-state index is -0.869. The van der Waals surface area contributed by atoms with Gasteiger partial charge in [0.05, 0.1) is 10.9 Å². The van der Waals surface area contributed by atoms with E-state index in [1.165, 1.54) is 11.0 Å². The number of hydrogen-bond acceptors (Lipinski definition) is 3. The van der Waals surface area contributed by atoms with Crippen LogP contribution in [0.1, 0.15) is 19.8 Å². The molecular formula is C15H17Cl2NO4. The minimum Gasteiger partial charge on any atom is -0.481 e. The number of nitrogens with zero attached hydrogens (tertiary/aromatic N) is 1. The maximum absolute atomic E-state index is 12.4. The number of amides is 1. The van der Waals surface area contributed by atoms with Crippen LogP contribution in [0.3, 0.4) is 0 Å². The van der Waals surface area contributed by atoms with Crippen molar-refractivity contribution in [1.82, 2.24) is 4.90 Å². The Morgan fingerprint density at radius 3 is 2.77 bits per heavy atom. The molecule has 0 aromatic heterocycles. The second kappa shape index (κ2) is 7.20. The Balaban J connectivity index is 2.01. The molecule has 7 heteroatoms. The molecule has 1 aromatic rings. The fourth-order valence-corrected chi connectivity index (χ4v) is 2.90. The molecule has 0 spiro atoms. The maximum Gasteiger partial charge on any atom is 0.308 e. The molecule has 1 aliphatic heterocycles. The monoisotopic (exact) mass is 345 g/mol. The van der Waals surface area contributed by atoms with Crippen molar-refractivity contribution in [2.75, 3.05) is 13.1 Å². The molecule has 0 aliphatic carbocycles. The average molecular weight is 346 g/mol. The molecule has 120 valence electrons. The molecular weight excluding hydrogens is 329 g/mol. The van der Waals surface area contributed by atoms with E-state index in [0.29, 0.717) is 35.2 Å². The molecule has 2 atom stereocenters. The van der Waals surface area contributed by atoms with Crippen LogP contribution in [0.5, 0.6) is 5.75 Å². The number of carbonyl (C=O) groups excluding carboxylic acids is 1. The van der Waals surface area contributed by atoms with E-state index < -0.39 is 18.0 Å². The topological polar surface area (TPSA) is 66.8 Å². The number of carboxylic acid groups (broad SMARTS) is 1. The standard InChI is InChI=1S/C15H17Cl2NO4/c1-9(22-13-5-4-11(16)7-12(13)17)14(19)18-6-2-3-10(8-18)15(20)21/h4-5,7,9-10H,2-3,6,8H2,1H3,(H,20,21)/t9?,10-/m0/s1. The van der Waals surface area contributed by atoms with Crippen LogP contribution in [0.4, 0.5) is 0 Å². The molecule has 0 bridgehead atoms. The number of piperidine rings is 1. The second-order valence-electron chi connectivity index (χ2n) is 5.30. The summed E-state index contributed by atoms with van der Waals surface area (Å²) >= 11 is 11.8. The Kier molecular flexibility index (Phi) is 5.53. The van der Waals surface area contributed by atoms with E-state index in [4.69, 9.17) is 33.0 Å². The quantitative estimate of drug-likeness (QED) is 0.910. The van der Waals surface area contributed by atoms with Crippen LogP contribution in [-0.4, -0.2) is 41.1 Å². The molecule has 2 rings (SSSR count). The Hall–Kier alpha value is -1.46. The zero-order valence-electron chi connectivity index (χ0n) is 12.1. The highest BCUT2D eigenvalue weighted by atomic mass is 35.5. The lowest BCUT2D eigenvalue weighted by Gasteiger charge is -2.32.